The smallest absolute Gasteiger partial charge is 0.270 e. The number of tetrazole rings is 1. The maximum atomic E-state index is 11.4. The lowest BCUT2D eigenvalue weighted by Crippen LogP contribution is -2.23. The molecule has 0 aliphatic carbocycles. The van der Waals surface area contributed by atoms with E-state index in [0.29, 0.717) is 13.0 Å². The van der Waals surface area contributed by atoms with E-state index in [4.69, 9.17) is 5.73 Å². The molecule has 0 aliphatic heterocycles. The van der Waals surface area contributed by atoms with Crippen molar-refractivity contribution >= 4 is 11.9 Å². The number of nitrogens with two attached hydrogens (primary N) is 1. The van der Waals surface area contributed by atoms with Crippen molar-refractivity contribution in [1.29, 1.82) is 0 Å². The number of anilines is 1. The van der Waals surface area contributed by atoms with Crippen molar-refractivity contribution in [3.8, 4) is 0 Å². The molecule has 7 heteroatoms. The molecule has 1 amide bonds. The molecule has 1 aromatic rings. The molecule has 0 radical (unpaired) electrons. The van der Waals surface area contributed by atoms with E-state index in [9.17, 15) is 4.79 Å². The zero-order chi connectivity index (χ0) is 10.6. The summed E-state index contributed by atoms with van der Waals surface area (Å²) >= 11 is 0. The molecule has 1 heterocycles. The van der Waals surface area contributed by atoms with E-state index in [1.54, 1.807) is 14.0 Å². The van der Waals surface area contributed by atoms with Crippen molar-refractivity contribution in [3.63, 3.8) is 0 Å². The minimum atomic E-state index is -0.136. The highest BCUT2D eigenvalue weighted by Crippen LogP contribution is 2.03. The summed E-state index contributed by atoms with van der Waals surface area (Å²) in [5, 5.41) is 13.6. The Bertz CT molecular complexity index is 309. The van der Waals surface area contributed by atoms with Crippen LogP contribution in [0.2, 0.25) is 0 Å². The van der Waals surface area contributed by atoms with E-state index in [1.165, 1.54) is 4.80 Å². The van der Waals surface area contributed by atoms with Gasteiger partial charge in [0, 0.05) is 5.92 Å². The van der Waals surface area contributed by atoms with Gasteiger partial charge < -0.3 is 5.73 Å². The molecule has 1 aromatic heterocycles. The summed E-state index contributed by atoms with van der Waals surface area (Å²) in [5.74, 6) is -0.0476. The zero-order valence-corrected chi connectivity index (χ0v) is 8.27. The Balaban J connectivity index is 2.48. The molecule has 0 aromatic carbocycles. The van der Waals surface area contributed by atoms with E-state index in [0.717, 1.165) is 0 Å². The Morgan fingerprint density at radius 2 is 2.43 bits per heavy atom. The zero-order valence-electron chi connectivity index (χ0n) is 8.27. The number of hydrogen-bond donors (Lipinski definition) is 2. The lowest BCUT2D eigenvalue weighted by molar-refractivity contribution is -0.119. The fourth-order valence-electron chi connectivity index (χ4n) is 0.949. The molecule has 0 saturated heterocycles. The monoisotopic (exact) mass is 198 g/mol. The summed E-state index contributed by atoms with van der Waals surface area (Å²) < 4.78 is 0. The van der Waals surface area contributed by atoms with Gasteiger partial charge in [0.2, 0.25) is 5.91 Å². The number of carbonyl (C=O) groups excluding carboxylic acids is 1. The predicted octanol–water partition coefficient (Wildman–Crippen LogP) is -0.866. The Kier molecular flexibility index (Phi) is 3.52. The molecule has 3 N–H and O–H groups in total. The van der Waals surface area contributed by atoms with Gasteiger partial charge in [-0.3, -0.25) is 10.1 Å². The summed E-state index contributed by atoms with van der Waals surface area (Å²) in [6.45, 7) is 2.29. The van der Waals surface area contributed by atoms with Gasteiger partial charge in [-0.2, -0.15) is 4.80 Å². The van der Waals surface area contributed by atoms with E-state index in [1.807, 2.05) is 0 Å². The Labute approximate surface area is 81.7 Å². The van der Waals surface area contributed by atoms with Crippen molar-refractivity contribution in [3.05, 3.63) is 0 Å². The third-order valence-corrected chi connectivity index (χ3v) is 1.79. The van der Waals surface area contributed by atoms with Gasteiger partial charge in [0.15, 0.2) is 0 Å². The normalized spacial score (nSPS) is 12.5. The number of amides is 1. The van der Waals surface area contributed by atoms with Gasteiger partial charge in [-0.1, -0.05) is 12.0 Å². The predicted molar refractivity (Wildman–Crippen MR) is 50.3 cm³/mol. The highest BCUT2D eigenvalue weighted by Gasteiger charge is 2.13. The minimum Gasteiger partial charge on any atom is -0.330 e. The minimum absolute atomic E-state index is 0.135. The van der Waals surface area contributed by atoms with E-state index in [-0.39, 0.29) is 17.8 Å². The van der Waals surface area contributed by atoms with Gasteiger partial charge in [0.05, 0.1) is 7.05 Å². The van der Waals surface area contributed by atoms with Crippen molar-refractivity contribution in [2.45, 2.75) is 13.3 Å². The Morgan fingerprint density at radius 1 is 1.71 bits per heavy atom. The number of nitrogens with zero attached hydrogens (tertiary/aromatic N) is 4. The van der Waals surface area contributed by atoms with Gasteiger partial charge in [-0.05, 0) is 18.2 Å². The van der Waals surface area contributed by atoms with E-state index < -0.39 is 0 Å². The van der Waals surface area contributed by atoms with E-state index >= 15 is 0 Å². The first-order valence-electron chi connectivity index (χ1n) is 4.38. The van der Waals surface area contributed by atoms with Crippen LogP contribution in [-0.4, -0.2) is 32.7 Å². The maximum Gasteiger partial charge on any atom is 0.270 e. The topological polar surface area (TPSA) is 98.7 Å². The molecular formula is C7H14N6O. The highest BCUT2D eigenvalue weighted by molar-refractivity contribution is 5.90. The van der Waals surface area contributed by atoms with E-state index in [2.05, 4.69) is 20.7 Å². The molecule has 14 heavy (non-hydrogen) atoms. The second kappa shape index (κ2) is 4.66. The summed E-state index contributed by atoms with van der Waals surface area (Å²) in [6.07, 6.45) is 0.645. The fourth-order valence-corrected chi connectivity index (χ4v) is 0.949. The molecule has 0 aliphatic rings. The average molecular weight is 198 g/mol. The van der Waals surface area contributed by atoms with Crippen molar-refractivity contribution in [1.82, 2.24) is 20.2 Å². The first-order valence-corrected chi connectivity index (χ1v) is 4.38. The van der Waals surface area contributed by atoms with Crippen LogP contribution in [0.25, 0.3) is 0 Å². The first-order chi connectivity index (χ1) is 6.63. The molecule has 7 nitrogen and oxygen atoms in total. The molecular weight excluding hydrogens is 184 g/mol. The number of aromatic nitrogens is 4. The van der Waals surface area contributed by atoms with Gasteiger partial charge in [0.25, 0.3) is 5.95 Å². The molecule has 0 spiro atoms. The second-order valence-corrected chi connectivity index (χ2v) is 3.07. The first kappa shape index (κ1) is 10.6. The fraction of sp³-hybridized carbons (Fsp3) is 0.714. The Hall–Kier alpha value is -1.50. The van der Waals surface area contributed by atoms with Crippen LogP contribution in [0.15, 0.2) is 0 Å². The largest absolute Gasteiger partial charge is 0.330 e. The second-order valence-electron chi connectivity index (χ2n) is 3.07. The quantitative estimate of drug-likeness (QED) is 0.655. The van der Waals surface area contributed by atoms with Crippen LogP contribution in [-0.2, 0) is 11.8 Å². The SMILES string of the molecule is CC(CCN)C(=O)Nc1nnn(C)n1. The number of carbonyl (C=O) groups is 1. The molecule has 78 valence electrons. The van der Waals surface area contributed by atoms with Crippen LogP contribution in [0, 0.1) is 5.92 Å². The highest BCUT2D eigenvalue weighted by atomic mass is 16.2. The molecule has 0 fully saturated rings. The molecule has 1 unspecified atom stereocenters. The molecule has 1 atom stereocenters. The Morgan fingerprint density at radius 3 is 2.93 bits per heavy atom. The van der Waals surface area contributed by atoms with Crippen molar-refractivity contribution in [2.75, 3.05) is 11.9 Å². The maximum absolute atomic E-state index is 11.4. The van der Waals surface area contributed by atoms with Crippen molar-refractivity contribution < 1.29 is 4.79 Å². The van der Waals surface area contributed by atoms with Crippen LogP contribution < -0.4 is 11.1 Å². The van der Waals surface area contributed by atoms with Gasteiger partial charge in [0.1, 0.15) is 0 Å². The number of nitrogens with one attached hydrogen (secondary N) is 1. The van der Waals surface area contributed by atoms with Crippen molar-refractivity contribution in [2.24, 2.45) is 18.7 Å². The standard InChI is InChI=1S/C7H14N6O/c1-5(3-4-8)6(14)9-7-10-12-13(2)11-7/h5H,3-4,8H2,1-2H3,(H,9,11,14). The summed E-state index contributed by atoms with van der Waals surface area (Å²) in [4.78, 5) is 12.7. The number of hydrogen-bond acceptors (Lipinski definition) is 5. The number of rotatable bonds is 4. The summed E-state index contributed by atoms with van der Waals surface area (Å²) in [7, 11) is 1.63. The van der Waals surface area contributed by atoms with Crippen LogP contribution in [0.5, 0.6) is 0 Å². The lowest BCUT2D eigenvalue weighted by Gasteiger charge is -2.07. The molecule has 0 bridgehead atoms. The van der Waals surface area contributed by atoms with Crippen LogP contribution in [0.4, 0.5) is 5.95 Å². The van der Waals surface area contributed by atoms with Crippen LogP contribution >= 0.6 is 0 Å². The molecule has 0 saturated carbocycles. The van der Waals surface area contributed by atoms with Gasteiger partial charge in [-0.15, -0.1) is 5.10 Å². The summed E-state index contributed by atoms with van der Waals surface area (Å²) in [6, 6.07) is 0. The third-order valence-electron chi connectivity index (χ3n) is 1.79. The van der Waals surface area contributed by atoms with Gasteiger partial charge in [-0.25, -0.2) is 0 Å². The van der Waals surface area contributed by atoms with Crippen LogP contribution in [0.3, 0.4) is 0 Å². The average Bonchev–Trinajstić information content (AvgIpc) is 2.51. The molecule has 1 rings (SSSR count). The van der Waals surface area contributed by atoms with Crippen LogP contribution in [0.1, 0.15) is 13.3 Å². The third kappa shape index (κ3) is 2.77. The lowest BCUT2D eigenvalue weighted by atomic mass is 10.1. The number of aryl methyl sites for hydroxylation is 1. The summed E-state index contributed by atoms with van der Waals surface area (Å²) in [5.41, 5.74) is 5.34. The van der Waals surface area contributed by atoms with Gasteiger partial charge >= 0.3 is 0 Å².